The second-order valence-electron chi connectivity index (χ2n) is 8.70. The van der Waals surface area contributed by atoms with E-state index in [1.807, 2.05) is 37.6 Å². The number of nitrogens with zero attached hydrogens (tertiary/aromatic N) is 4. The van der Waals surface area contributed by atoms with Gasteiger partial charge in [-0.25, -0.2) is 4.79 Å². The molecule has 0 aliphatic carbocycles. The number of fused-ring (bicyclic) bond motifs is 2. The summed E-state index contributed by atoms with van der Waals surface area (Å²) in [5.41, 5.74) is 4.59. The predicted molar refractivity (Wildman–Crippen MR) is 123 cm³/mol. The zero-order valence-electron chi connectivity index (χ0n) is 17.8. The van der Waals surface area contributed by atoms with Crippen LogP contribution >= 0.6 is 11.3 Å². The predicted octanol–water partition coefficient (Wildman–Crippen LogP) is 5.58. The van der Waals surface area contributed by atoms with Crippen molar-refractivity contribution in [2.24, 2.45) is 0 Å². The number of carbonyl (C=O) groups is 1. The summed E-state index contributed by atoms with van der Waals surface area (Å²) in [6, 6.07) is 12.6. The van der Waals surface area contributed by atoms with Gasteiger partial charge in [-0.05, 0) is 67.4 Å². The molecule has 0 atom stereocenters. The molecule has 0 spiro atoms. The van der Waals surface area contributed by atoms with E-state index in [1.54, 1.807) is 28.6 Å². The van der Waals surface area contributed by atoms with Crippen LogP contribution in [0.3, 0.4) is 0 Å². The zero-order chi connectivity index (χ0) is 21.6. The van der Waals surface area contributed by atoms with E-state index in [0.717, 1.165) is 28.1 Å². The highest BCUT2D eigenvalue weighted by atomic mass is 32.1. The summed E-state index contributed by atoms with van der Waals surface area (Å²) in [6.45, 7) is 7.33. The molecule has 0 radical (unpaired) electrons. The lowest BCUT2D eigenvalue weighted by Gasteiger charge is -2.30. The van der Waals surface area contributed by atoms with Crippen LogP contribution in [0.15, 0.2) is 54.2 Å². The standard InChI is InChI=1S/C24H24N4O2S/c1-24(2,3)30-23(29)27-11-12-28-19(15-27)21(16-6-9-25-10-7-16)22(26-28)18-4-5-20-17(14-18)8-13-31-20/h4-10,13-14H,11-12,15H2,1-3H3. The van der Waals surface area contributed by atoms with Crippen LogP contribution in [-0.4, -0.2) is 37.9 Å². The molecule has 0 bridgehead atoms. The first-order chi connectivity index (χ1) is 14.9. The summed E-state index contributed by atoms with van der Waals surface area (Å²) >= 11 is 1.74. The van der Waals surface area contributed by atoms with Crippen LogP contribution in [0.25, 0.3) is 32.5 Å². The van der Waals surface area contributed by atoms with Crippen LogP contribution in [0.2, 0.25) is 0 Å². The molecule has 1 aromatic carbocycles. The largest absolute Gasteiger partial charge is 0.444 e. The smallest absolute Gasteiger partial charge is 0.410 e. The van der Waals surface area contributed by atoms with Crippen molar-refractivity contribution >= 4 is 27.5 Å². The Morgan fingerprint density at radius 1 is 1.06 bits per heavy atom. The van der Waals surface area contributed by atoms with Gasteiger partial charge in [-0.3, -0.25) is 9.67 Å². The van der Waals surface area contributed by atoms with Gasteiger partial charge in [0.15, 0.2) is 0 Å². The fraction of sp³-hybridized carbons (Fsp3) is 0.292. The number of thiophene rings is 1. The van der Waals surface area contributed by atoms with E-state index in [2.05, 4.69) is 34.6 Å². The highest BCUT2D eigenvalue weighted by Crippen LogP contribution is 2.38. The van der Waals surface area contributed by atoms with E-state index in [-0.39, 0.29) is 6.09 Å². The van der Waals surface area contributed by atoms with Gasteiger partial charge in [0.05, 0.1) is 18.8 Å². The molecule has 6 nitrogen and oxygen atoms in total. The van der Waals surface area contributed by atoms with Gasteiger partial charge in [0.1, 0.15) is 11.3 Å². The van der Waals surface area contributed by atoms with Crippen molar-refractivity contribution in [3.05, 3.63) is 59.9 Å². The summed E-state index contributed by atoms with van der Waals surface area (Å²) in [4.78, 5) is 18.7. The van der Waals surface area contributed by atoms with Crippen LogP contribution in [-0.2, 0) is 17.8 Å². The Morgan fingerprint density at radius 3 is 2.65 bits per heavy atom. The minimum Gasteiger partial charge on any atom is -0.444 e. The number of ether oxygens (including phenoxy) is 1. The van der Waals surface area contributed by atoms with E-state index in [0.29, 0.717) is 19.6 Å². The van der Waals surface area contributed by atoms with Crippen molar-refractivity contribution in [2.75, 3.05) is 6.54 Å². The summed E-state index contributed by atoms with van der Waals surface area (Å²) in [5, 5.41) is 8.30. The van der Waals surface area contributed by atoms with E-state index in [9.17, 15) is 4.79 Å². The second kappa shape index (κ2) is 7.50. The van der Waals surface area contributed by atoms with Gasteiger partial charge in [0.25, 0.3) is 0 Å². The Hall–Kier alpha value is -3.19. The molecule has 1 aliphatic rings. The third kappa shape index (κ3) is 3.81. The lowest BCUT2D eigenvalue weighted by atomic mass is 9.98. The third-order valence-corrected chi connectivity index (χ3v) is 6.22. The first-order valence-electron chi connectivity index (χ1n) is 10.3. The lowest BCUT2D eigenvalue weighted by Crippen LogP contribution is -2.41. The molecule has 7 heteroatoms. The fourth-order valence-electron chi connectivity index (χ4n) is 3.94. The third-order valence-electron chi connectivity index (χ3n) is 5.33. The molecule has 1 aliphatic heterocycles. The number of hydrogen-bond acceptors (Lipinski definition) is 5. The topological polar surface area (TPSA) is 60.2 Å². The molecule has 4 aromatic rings. The van der Waals surface area contributed by atoms with E-state index < -0.39 is 5.60 Å². The molecule has 3 aromatic heterocycles. The molecule has 0 fully saturated rings. The molecule has 0 unspecified atom stereocenters. The SMILES string of the molecule is CC(C)(C)OC(=O)N1CCn2nc(-c3ccc4sccc4c3)c(-c3ccncc3)c2C1. The van der Waals surface area contributed by atoms with Gasteiger partial charge in [-0.1, -0.05) is 6.07 Å². The van der Waals surface area contributed by atoms with Gasteiger partial charge in [0, 0.05) is 34.8 Å². The molecule has 0 saturated carbocycles. The van der Waals surface area contributed by atoms with Crippen molar-refractivity contribution in [1.82, 2.24) is 19.7 Å². The lowest BCUT2D eigenvalue weighted by molar-refractivity contribution is 0.0195. The molecule has 0 N–H and O–H groups in total. The maximum absolute atomic E-state index is 12.7. The van der Waals surface area contributed by atoms with Gasteiger partial charge in [-0.15, -0.1) is 11.3 Å². The molecular weight excluding hydrogens is 408 g/mol. The van der Waals surface area contributed by atoms with E-state index in [4.69, 9.17) is 9.84 Å². The van der Waals surface area contributed by atoms with Crippen molar-refractivity contribution in [2.45, 2.75) is 39.5 Å². The fourth-order valence-corrected chi connectivity index (χ4v) is 4.71. The van der Waals surface area contributed by atoms with Gasteiger partial charge in [-0.2, -0.15) is 5.10 Å². The maximum Gasteiger partial charge on any atom is 0.410 e. The second-order valence-corrected chi connectivity index (χ2v) is 9.65. The van der Waals surface area contributed by atoms with Crippen molar-refractivity contribution in [1.29, 1.82) is 0 Å². The van der Waals surface area contributed by atoms with Gasteiger partial charge < -0.3 is 9.64 Å². The van der Waals surface area contributed by atoms with Crippen molar-refractivity contribution in [3.63, 3.8) is 0 Å². The maximum atomic E-state index is 12.7. The van der Waals surface area contributed by atoms with Crippen molar-refractivity contribution < 1.29 is 9.53 Å². The van der Waals surface area contributed by atoms with Crippen LogP contribution in [0.4, 0.5) is 4.79 Å². The number of aromatic nitrogens is 3. The number of pyridine rings is 1. The molecule has 158 valence electrons. The average molecular weight is 433 g/mol. The Kier molecular flexibility index (Phi) is 4.78. The molecule has 5 rings (SSSR count). The first-order valence-corrected chi connectivity index (χ1v) is 11.2. The van der Waals surface area contributed by atoms with Crippen LogP contribution in [0, 0.1) is 0 Å². The normalized spacial score (nSPS) is 14.0. The Bertz CT molecular complexity index is 1250. The minimum atomic E-state index is -0.524. The highest BCUT2D eigenvalue weighted by molar-refractivity contribution is 7.17. The van der Waals surface area contributed by atoms with Gasteiger partial charge in [0.2, 0.25) is 0 Å². The van der Waals surface area contributed by atoms with Gasteiger partial charge >= 0.3 is 6.09 Å². The van der Waals surface area contributed by atoms with Crippen LogP contribution < -0.4 is 0 Å². The quantitative estimate of drug-likeness (QED) is 0.415. The molecule has 1 amide bonds. The monoisotopic (exact) mass is 432 g/mol. The summed E-state index contributed by atoms with van der Waals surface area (Å²) in [7, 11) is 0. The zero-order valence-corrected chi connectivity index (χ0v) is 18.6. The molecular formula is C24H24N4O2S. The number of benzene rings is 1. The molecule has 0 saturated heterocycles. The summed E-state index contributed by atoms with van der Waals surface area (Å²) < 4.78 is 8.91. The Labute approximate surface area is 185 Å². The Morgan fingerprint density at radius 2 is 1.87 bits per heavy atom. The van der Waals surface area contributed by atoms with E-state index in [1.165, 1.54) is 10.1 Å². The van der Waals surface area contributed by atoms with Crippen LogP contribution in [0.5, 0.6) is 0 Å². The molecule has 31 heavy (non-hydrogen) atoms. The van der Waals surface area contributed by atoms with E-state index >= 15 is 0 Å². The summed E-state index contributed by atoms with van der Waals surface area (Å²) in [6.07, 6.45) is 3.29. The minimum absolute atomic E-state index is 0.290. The first kappa shape index (κ1) is 19.8. The molecule has 4 heterocycles. The van der Waals surface area contributed by atoms with Crippen LogP contribution in [0.1, 0.15) is 26.5 Å². The number of hydrogen-bond donors (Lipinski definition) is 0. The highest BCUT2D eigenvalue weighted by Gasteiger charge is 2.30. The summed E-state index contributed by atoms with van der Waals surface area (Å²) in [5.74, 6) is 0. The number of amides is 1. The number of rotatable bonds is 2. The Balaban J connectivity index is 1.60. The average Bonchev–Trinajstić information content (AvgIpc) is 3.36. The number of carbonyl (C=O) groups excluding carboxylic acids is 1. The van der Waals surface area contributed by atoms with Crippen molar-refractivity contribution in [3.8, 4) is 22.4 Å².